The molecule has 0 fully saturated rings. The van der Waals surface area contributed by atoms with Gasteiger partial charge in [-0.1, -0.05) is 6.92 Å². The van der Waals surface area contributed by atoms with E-state index in [9.17, 15) is 4.57 Å². The smallest absolute Gasteiger partial charge is 0.213 e. The predicted octanol–water partition coefficient (Wildman–Crippen LogP) is 0.193. The Kier molecular flexibility index (Phi) is 2.51. The molecule has 0 aromatic heterocycles. The maximum Gasteiger partial charge on any atom is 0.213 e. The summed E-state index contributed by atoms with van der Waals surface area (Å²) in [7, 11) is -2.88. The molecule has 0 aliphatic rings. The van der Waals surface area contributed by atoms with Crippen LogP contribution in [-0.2, 0) is 4.57 Å². The highest BCUT2D eigenvalue weighted by Gasteiger charge is 2.09. The quantitative estimate of drug-likeness (QED) is 0.515. The lowest BCUT2D eigenvalue weighted by Crippen LogP contribution is -2.00. The summed E-state index contributed by atoms with van der Waals surface area (Å²) < 4.78 is 10.4. The molecule has 0 saturated heterocycles. The van der Waals surface area contributed by atoms with Gasteiger partial charge in [0.2, 0.25) is 7.37 Å². The molecule has 3 N–H and O–H groups in total. The van der Waals surface area contributed by atoms with Crippen LogP contribution in [0.2, 0.25) is 0 Å². The molecule has 0 heterocycles. The van der Waals surface area contributed by atoms with E-state index >= 15 is 0 Å². The molecule has 0 radical (unpaired) electrons. The summed E-state index contributed by atoms with van der Waals surface area (Å²) in [6.45, 7) is 1.65. The molecule has 0 aromatic carbocycles. The Morgan fingerprint density at radius 3 is 2.29 bits per heavy atom. The van der Waals surface area contributed by atoms with Gasteiger partial charge >= 0.3 is 0 Å². The fourth-order valence-corrected chi connectivity index (χ4v) is 0.387. The Morgan fingerprint density at radius 1 is 1.86 bits per heavy atom. The van der Waals surface area contributed by atoms with Gasteiger partial charge in [0.1, 0.15) is 0 Å². The SMILES string of the molecule is CCP(=O)(O)CN. The van der Waals surface area contributed by atoms with E-state index in [0.717, 1.165) is 0 Å². The van der Waals surface area contributed by atoms with E-state index in [4.69, 9.17) is 10.6 Å². The van der Waals surface area contributed by atoms with E-state index in [1.807, 2.05) is 0 Å². The molecule has 4 heteroatoms. The lowest BCUT2D eigenvalue weighted by molar-refractivity contribution is 0.480. The van der Waals surface area contributed by atoms with Gasteiger partial charge in [0, 0.05) is 6.16 Å². The van der Waals surface area contributed by atoms with Gasteiger partial charge in [-0.3, -0.25) is 4.57 Å². The van der Waals surface area contributed by atoms with Crippen LogP contribution in [-0.4, -0.2) is 17.3 Å². The highest BCUT2D eigenvalue weighted by Crippen LogP contribution is 2.36. The van der Waals surface area contributed by atoms with Crippen molar-refractivity contribution in [2.75, 3.05) is 12.4 Å². The summed E-state index contributed by atoms with van der Waals surface area (Å²) in [5.74, 6) is 0. The van der Waals surface area contributed by atoms with E-state index < -0.39 is 7.37 Å². The third-order valence-corrected chi connectivity index (χ3v) is 2.34. The van der Waals surface area contributed by atoms with Crippen molar-refractivity contribution >= 4 is 7.37 Å². The van der Waals surface area contributed by atoms with Gasteiger partial charge in [-0.25, -0.2) is 0 Å². The van der Waals surface area contributed by atoms with Gasteiger partial charge in [0.25, 0.3) is 0 Å². The van der Waals surface area contributed by atoms with Crippen LogP contribution in [0.1, 0.15) is 6.92 Å². The average Bonchev–Trinajstić information content (AvgIpc) is 1.68. The van der Waals surface area contributed by atoms with Crippen molar-refractivity contribution in [1.29, 1.82) is 0 Å². The molecule has 3 nitrogen and oxygen atoms in total. The van der Waals surface area contributed by atoms with Crippen molar-refractivity contribution < 1.29 is 9.46 Å². The van der Waals surface area contributed by atoms with Crippen molar-refractivity contribution in [2.45, 2.75) is 6.92 Å². The summed E-state index contributed by atoms with van der Waals surface area (Å²) in [4.78, 5) is 8.56. The first-order valence-electron chi connectivity index (χ1n) is 2.13. The minimum atomic E-state index is -2.88. The number of hydrogen-bond donors (Lipinski definition) is 2. The maximum atomic E-state index is 10.4. The summed E-state index contributed by atoms with van der Waals surface area (Å²) in [6, 6.07) is 0. The normalized spacial score (nSPS) is 18.7. The standard InChI is InChI=1S/C3H10NO2P/c1-2-7(5,6)3-4/h2-4H2,1H3,(H,5,6). The van der Waals surface area contributed by atoms with Gasteiger partial charge in [-0.05, 0) is 0 Å². The van der Waals surface area contributed by atoms with Crippen LogP contribution in [0.3, 0.4) is 0 Å². The zero-order chi connectivity index (χ0) is 5.91. The third-order valence-electron chi connectivity index (χ3n) is 0.779. The Morgan fingerprint density at radius 2 is 2.29 bits per heavy atom. The van der Waals surface area contributed by atoms with Crippen LogP contribution in [0.15, 0.2) is 0 Å². The van der Waals surface area contributed by atoms with Gasteiger partial charge in [0.05, 0.1) is 6.29 Å². The molecule has 0 amide bonds. The Bertz CT molecular complexity index is 84.9. The summed E-state index contributed by atoms with van der Waals surface area (Å²) >= 11 is 0. The fourth-order valence-electron chi connectivity index (χ4n) is 0.129. The highest BCUT2D eigenvalue weighted by molar-refractivity contribution is 7.57. The maximum absolute atomic E-state index is 10.4. The lowest BCUT2D eigenvalue weighted by Gasteiger charge is -2.01. The summed E-state index contributed by atoms with van der Waals surface area (Å²) in [5.41, 5.74) is 4.90. The van der Waals surface area contributed by atoms with Crippen LogP contribution < -0.4 is 5.73 Å². The van der Waals surface area contributed by atoms with Gasteiger partial charge in [0.15, 0.2) is 0 Å². The van der Waals surface area contributed by atoms with Gasteiger partial charge < -0.3 is 10.6 Å². The topological polar surface area (TPSA) is 63.3 Å². The molecular weight excluding hydrogens is 113 g/mol. The molecule has 1 atom stereocenters. The molecular formula is C3H10NO2P. The third kappa shape index (κ3) is 2.80. The fraction of sp³-hybridized carbons (Fsp3) is 1.00. The molecule has 0 aliphatic heterocycles. The van der Waals surface area contributed by atoms with Crippen LogP contribution >= 0.6 is 7.37 Å². The first-order chi connectivity index (χ1) is 3.12. The van der Waals surface area contributed by atoms with Crippen LogP contribution in [0, 0.1) is 0 Å². The molecule has 0 spiro atoms. The zero-order valence-electron chi connectivity index (χ0n) is 4.29. The van der Waals surface area contributed by atoms with Crippen molar-refractivity contribution in [3.05, 3.63) is 0 Å². The van der Waals surface area contributed by atoms with Crippen molar-refractivity contribution in [3.63, 3.8) is 0 Å². The first kappa shape index (κ1) is 7.15. The van der Waals surface area contributed by atoms with Crippen molar-refractivity contribution in [2.24, 2.45) is 5.73 Å². The van der Waals surface area contributed by atoms with Crippen molar-refractivity contribution in [1.82, 2.24) is 0 Å². The first-order valence-corrected chi connectivity index (χ1v) is 4.16. The van der Waals surface area contributed by atoms with Crippen molar-refractivity contribution in [3.8, 4) is 0 Å². The average molecular weight is 123 g/mol. The summed E-state index contributed by atoms with van der Waals surface area (Å²) in [5, 5.41) is 0. The molecule has 0 aromatic rings. The predicted molar refractivity (Wildman–Crippen MR) is 29.4 cm³/mol. The summed E-state index contributed by atoms with van der Waals surface area (Å²) in [6.07, 6.45) is 0.188. The van der Waals surface area contributed by atoms with Crippen LogP contribution in [0.25, 0.3) is 0 Å². The van der Waals surface area contributed by atoms with E-state index in [0.29, 0.717) is 0 Å². The second-order valence-corrected chi connectivity index (χ2v) is 4.04. The van der Waals surface area contributed by atoms with E-state index in [2.05, 4.69) is 0 Å². The van der Waals surface area contributed by atoms with Crippen LogP contribution in [0.4, 0.5) is 0 Å². The molecule has 7 heavy (non-hydrogen) atoms. The largest absolute Gasteiger partial charge is 0.343 e. The number of rotatable bonds is 2. The molecule has 0 bridgehead atoms. The number of nitrogens with two attached hydrogens (primary N) is 1. The second-order valence-electron chi connectivity index (χ2n) is 1.35. The molecule has 1 unspecified atom stereocenters. The minimum Gasteiger partial charge on any atom is -0.343 e. The zero-order valence-corrected chi connectivity index (χ0v) is 5.19. The van der Waals surface area contributed by atoms with Gasteiger partial charge in [-0.15, -0.1) is 0 Å². The molecule has 0 rings (SSSR count). The van der Waals surface area contributed by atoms with Crippen LogP contribution in [0.5, 0.6) is 0 Å². The molecule has 0 aliphatic carbocycles. The monoisotopic (exact) mass is 123 g/mol. The number of hydrogen-bond acceptors (Lipinski definition) is 2. The lowest BCUT2D eigenvalue weighted by atomic mass is 11.0. The molecule has 0 saturated carbocycles. The Balaban J connectivity index is 3.61. The van der Waals surface area contributed by atoms with E-state index in [-0.39, 0.29) is 12.4 Å². The molecule has 44 valence electrons. The van der Waals surface area contributed by atoms with E-state index in [1.54, 1.807) is 6.92 Å². The van der Waals surface area contributed by atoms with Gasteiger partial charge in [-0.2, -0.15) is 0 Å². The minimum absolute atomic E-state index is 0.0938. The Labute approximate surface area is 43.0 Å². The second kappa shape index (κ2) is 2.46. The highest BCUT2D eigenvalue weighted by atomic mass is 31.2. The van der Waals surface area contributed by atoms with E-state index in [1.165, 1.54) is 0 Å². The Hall–Kier alpha value is 0.150.